The van der Waals surface area contributed by atoms with E-state index < -0.39 is 5.92 Å². The normalized spacial score (nSPS) is 12.1. The molecular formula is C14H16N4O. The average Bonchev–Trinajstić information content (AvgIpc) is 2.77. The maximum atomic E-state index is 11.7. The highest BCUT2D eigenvalue weighted by Gasteiger charge is 2.14. The molecule has 19 heavy (non-hydrogen) atoms. The van der Waals surface area contributed by atoms with E-state index in [1.807, 2.05) is 38.1 Å². The van der Waals surface area contributed by atoms with Crippen molar-refractivity contribution in [1.82, 2.24) is 15.3 Å². The van der Waals surface area contributed by atoms with E-state index in [1.165, 1.54) is 0 Å². The topological polar surface area (TPSA) is 81.6 Å². The molecule has 0 spiro atoms. The molecule has 1 amide bonds. The third-order valence-corrected chi connectivity index (χ3v) is 3.01. The summed E-state index contributed by atoms with van der Waals surface area (Å²) in [5, 5.41) is 11.6. The van der Waals surface area contributed by atoms with Crippen LogP contribution in [-0.4, -0.2) is 15.9 Å². The number of hydrogen-bond acceptors (Lipinski definition) is 3. The molecule has 2 N–H and O–H groups in total. The van der Waals surface area contributed by atoms with Gasteiger partial charge in [-0.3, -0.25) is 4.79 Å². The Kier molecular flexibility index (Phi) is 3.81. The van der Waals surface area contributed by atoms with Crippen molar-refractivity contribution >= 4 is 16.9 Å². The fourth-order valence-corrected chi connectivity index (χ4v) is 1.94. The predicted molar refractivity (Wildman–Crippen MR) is 72.1 cm³/mol. The Labute approximate surface area is 111 Å². The van der Waals surface area contributed by atoms with Crippen molar-refractivity contribution in [2.75, 3.05) is 0 Å². The smallest absolute Gasteiger partial charge is 0.237 e. The van der Waals surface area contributed by atoms with Crippen LogP contribution < -0.4 is 5.32 Å². The quantitative estimate of drug-likeness (QED) is 0.878. The second kappa shape index (κ2) is 5.53. The molecule has 0 radical (unpaired) electrons. The summed E-state index contributed by atoms with van der Waals surface area (Å²) in [6.45, 7) is 4.15. The average molecular weight is 256 g/mol. The van der Waals surface area contributed by atoms with Crippen molar-refractivity contribution in [1.29, 1.82) is 5.26 Å². The van der Waals surface area contributed by atoms with Crippen molar-refractivity contribution in [3.63, 3.8) is 0 Å². The van der Waals surface area contributed by atoms with E-state index in [0.717, 1.165) is 22.4 Å². The van der Waals surface area contributed by atoms with Gasteiger partial charge >= 0.3 is 0 Å². The molecule has 0 saturated carbocycles. The number of rotatable bonds is 4. The predicted octanol–water partition coefficient (Wildman–Crippen LogP) is 2.04. The van der Waals surface area contributed by atoms with Crippen LogP contribution in [0.25, 0.3) is 11.0 Å². The van der Waals surface area contributed by atoms with Crippen LogP contribution in [0.15, 0.2) is 18.2 Å². The van der Waals surface area contributed by atoms with Crippen LogP contribution in [0.5, 0.6) is 0 Å². The molecule has 0 bridgehead atoms. The van der Waals surface area contributed by atoms with E-state index in [2.05, 4.69) is 15.3 Å². The minimum atomic E-state index is -0.571. The van der Waals surface area contributed by atoms with E-state index in [4.69, 9.17) is 5.26 Å². The minimum Gasteiger partial charge on any atom is -0.351 e. The fourth-order valence-electron chi connectivity index (χ4n) is 1.94. The fraction of sp³-hybridized carbons (Fsp3) is 0.357. The molecule has 1 aromatic carbocycles. The molecular weight excluding hydrogens is 240 g/mol. The number of aryl methyl sites for hydroxylation is 1. The Morgan fingerprint density at radius 1 is 1.58 bits per heavy atom. The Balaban J connectivity index is 2.05. The summed E-state index contributed by atoms with van der Waals surface area (Å²) in [5.74, 6) is 0.0794. The van der Waals surface area contributed by atoms with Crippen LogP contribution in [0.4, 0.5) is 0 Å². The van der Waals surface area contributed by atoms with Crippen LogP contribution in [0, 0.1) is 24.2 Å². The number of aromatic amines is 1. The van der Waals surface area contributed by atoms with Gasteiger partial charge in [0.15, 0.2) is 0 Å². The van der Waals surface area contributed by atoms with Gasteiger partial charge in [-0.2, -0.15) is 5.26 Å². The van der Waals surface area contributed by atoms with E-state index in [-0.39, 0.29) is 5.91 Å². The molecule has 0 aliphatic heterocycles. The van der Waals surface area contributed by atoms with Gasteiger partial charge in [0.25, 0.3) is 0 Å². The number of H-pyrrole nitrogens is 1. The summed E-state index contributed by atoms with van der Waals surface area (Å²) < 4.78 is 0. The lowest BCUT2D eigenvalue weighted by Crippen LogP contribution is -2.29. The number of carbonyl (C=O) groups excluding carboxylic acids is 1. The van der Waals surface area contributed by atoms with Crippen LogP contribution in [-0.2, 0) is 11.3 Å². The van der Waals surface area contributed by atoms with Gasteiger partial charge in [-0.15, -0.1) is 0 Å². The van der Waals surface area contributed by atoms with Crippen molar-refractivity contribution in [3.05, 3.63) is 29.6 Å². The van der Waals surface area contributed by atoms with Gasteiger partial charge < -0.3 is 10.3 Å². The summed E-state index contributed by atoms with van der Waals surface area (Å²) in [6, 6.07) is 7.80. The number of benzene rings is 1. The number of nitriles is 1. The number of imidazole rings is 1. The largest absolute Gasteiger partial charge is 0.351 e. The van der Waals surface area contributed by atoms with E-state index >= 15 is 0 Å². The molecule has 0 fully saturated rings. The Morgan fingerprint density at radius 2 is 2.37 bits per heavy atom. The first-order chi connectivity index (χ1) is 9.13. The zero-order valence-corrected chi connectivity index (χ0v) is 11.0. The highest BCUT2D eigenvalue weighted by atomic mass is 16.1. The third kappa shape index (κ3) is 2.91. The molecule has 5 heteroatoms. The molecule has 0 aliphatic rings. The zero-order chi connectivity index (χ0) is 13.8. The molecule has 2 rings (SSSR count). The zero-order valence-electron chi connectivity index (χ0n) is 11.0. The van der Waals surface area contributed by atoms with Gasteiger partial charge in [0.2, 0.25) is 5.91 Å². The van der Waals surface area contributed by atoms with Gasteiger partial charge in [-0.1, -0.05) is 13.0 Å². The number of amides is 1. The number of aromatic nitrogens is 2. The first-order valence-electron chi connectivity index (χ1n) is 6.26. The number of hydrogen-bond donors (Lipinski definition) is 2. The summed E-state index contributed by atoms with van der Waals surface area (Å²) in [7, 11) is 0. The van der Waals surface area contributed by atoms with Crippen LogP contribution >= 0.6 is 0 Å². The second-order valence-corrected chi connectivity index (χ2v) is 4.48. The number of nitrogens with zero attached hydrogens (tertiary/aromatic N) is 2. The number of fused-ring (bicyclic) bond motifs is 1. The molecule has 1 aromatic heterocycles. The first-order valence-corrected chi connectivity index (χ1v) is 6.26. The lowest BCUT2D eigenvalue weighted by Gasteiger charge is -2.08. The molecule has 0 aliphatic carbocycles. The lowest BCUT2D eigenvalue weighted by atomic mass is 10.1. The molecule has 1 unspecified atom stereocenters. The molecule has 0 saturated heterocycles. The first kappa shape index (κ1) is 13.1. The number of nitrogens with one attached hydrogen (secondary N) is 2. The van der Waals surface area contributed by atoms with Gasteiger partial charge in [0, 0.05) is 6.54 Å². The lowest BCUT2D eigenvalue weighted by molar-refractivity contribution is -0.123. The van der Waals surface area contributed by atoms with Crippen LogP contribution in [0.2, 0.25) is 0 Å². The molecule has 2 aromatic rings. The van der Waals surface area contributed by atoms with Gasteiger partial charge in [0.1, 0.15) is 11.7 Å². The summed E-state index contributed by atoms with van der Waals surface area (Å²) in [6.07, 6.45) is 0.529. The Morgan fingerprint density at radius 3 is 3.05 bits per heavy atom. The third-order valence-electron chi connectivity index (χ3n) is 3.01. The van der Waals surface area contributed by atoms with Gasteiger partial charge in [-0.25, -0.2) is 4.98 Å². The van der Waals surface area contributed by atoms with Crippen molar-refractivity contribution in [3.8, 4) is 6.07 Å². The van der Waals surface area contributed by atoms with Crippen molar-refractivity contribution in [2.45, 2.75) is 26.8 Å². The Bertz CT molecular complexity index is 638. The SMILES string of the molecule is CCC(C#N)C(=O)NCc1ccc2nc(C)[nH]c2c1. The highest BCUT2D eigenvalue weighted by molar-refractivity contribution is 5.81. The van der Waals surface area contributed by atoms with Crippen LogP contribution in [0.3, 0.4) is 0 Å². The highest BCUT2D eigenvalue weighted by Crippen LogP contribution is 2.13. The van der Waals surface area contributed by atoms with Gasteiger partial charge in [-0.05, 0) is 31.0 Å². The summed E-state index contributed by atoms with van der Waals surface area (Å²) in [5.41, 5.74) is 2.85. The molecule has 1 heterocycles. The maximum absolute atomic E-state index is 11.7. The molecule has 1 atom stereocenters. The maximum Gasteiger partial charge on any atom is 0.237 e. The monoisotopic (exact) mass is 256 g/mol. The molecule has 5 nitrogen and oxygen atoms in total. The van der Waals surface area contributed by atoms with Crippen molar-refractivity contribution in [2.24, 2.45) is 5.92 Å². The van der Waals surface area contributed by atoms with E-state index in [0.29, 0.717) is 13.0 Å². The Hall–Kier alpha value is -2.35. The summed E-state index contributed by atoms with van der Waals surface area (Å²) >= 11 is 0. The summed E-state index contributed by atoms with van der Waals surface area (Å²) in [4.78, 5) is 19.2. The van der Waals surface area contributed by atoms with E-state index in [9.17, 15) is 4.79 Å². The number of carbonyl (C=O) groups is 1. The van der Waals surface area contributed by atoms with Gasteiger partial charge in [0.05, 0.1) is 17.1 Å². The second-order valence-electron chi connectivity index (χ2n) is 4.48. The minimum absolute atomic E-state index is 0.217. The molecule has 98 valence electrons. The standard InChI is InChI=1S/C14H16N4O/c1-3-11(7-15)14(19)16-8-10-4-5-12-13(6-10)18-9(2)17-12/h4-6,11H,3,8H2,1-2H3,(H,16,19)(H,17,18). The van der Waals surface area contributed by atoms with Crippen molar-refractivity contribution < 1.29 is 4.79 Å². The van der Waals surface area contributed by atoms with Crippen LogP contribution in [0.1, 0.15) is 24.7 Å². The van der Waals surface area contributed by atoms with E-state index in [1.54, 1.807) is 0 Å².